The summed E-state index contributed by atoms with van der Waals surface area (Å²) in [6.45, 7) is 1.91. The van der Waals surface area contributed by atoms with Crippen LogP contribution >= 0.6 is 0 Å². The second-order valence-corrected chi connectivity index (χ2v) is 4.65. The van der Waals surface area contributed by atoms with Gasteiger partial charge in [0.2, 0.25) is 0 Å². The molecule has 2 aromatic rings. The van der Waals surface area contributed by atoms with Crippen LogP contribution in [0.25, 0.3) is 10.9 Å². The maximum atomic E-state index is 9.18. The average Bonchev–Trinajstić information content (AvgIpc) is 2.99. The third-order valence-corrected chi connectivity index (χ3v) is 3.45. The zero-order chi connectivity index (χ0) is 11.7. The highest BCUT2D eigenvalue weighted by Gasteiger charge is 2.16. The largest absolute Gasteiger partial charge is 0.392 e. The summed E-state index contributed by atoms with van der Waals surface area (Å²) in [5, 5.41) is 10.4. The van der Waals surface area contributed by atoms with Gasteiger partial charge in [0.15, 0.2) is 0 Å². The number of aromatic nitrogens is 1. The van der Waals surface area contributed by atoms with E-state index < -0.39 is 0 Å². The molecule has 0 saturated carbocycles. The summed E-state index contributed by atoms with van der Waals surface area (Å²) < 4.78 is 7.89. The second-order valence-electron chi connectivity index (χ2n) is 4.65. The highest BCUT2D eigenvalue weighted by Crippen LogP contribution is 2.21. The van der Waals surface area contributed by atoms with Gasteiger partial charge in [-0.3, -0.25) is 0 Å². The van der Waals surface area contributed by atoms with Crippen LogP contribution in [-0.2, 0) is 17.9 Å². The predicted molar refractivity (Wildman–Crippen MR) is 66.8 cm³/mol. The Hall–Kier alpha value is -1.32. The molecule has 0 spiro atoms. The van der Waals surface area contributed by atoms with Gasteiger partial charge in [-0.2, -0.15) is 0 Å². The summed E-state index contributed by atoms with van der Waals surface area (Å²) in [7, 11) is 0. The van der Waals surface area contributed by atoms with Gasteiger partial charge in [0, 0.05) is 24.9 Å². The first-order chi connectivity index (χ1) is 8.36. The molecule has 1 aliphatic heterocycles. The van der Waals surface area contributed by atoms with E-state index in [2.05, 4.69) is 29.0 Å². The molecule has 3 heteroatoms. The molecule has 17 heavy (non-hydrogen) atoms. The number of aliphatic hydroxyl groups excluding tert-OH is 1. The third-order valence-electron chi connectivity index (χ3n) is 3.45. The highest BCUT2D eigenvalue weighted by atomic mass is 16.5. The van der Waals surface area contributed by atoms with E-state index in [-0.39, 0.29) is 6.61 Å². The van der Waals surface area contributed by atoms with Crippen LogP contribution in [0.5, 0.6) is 0 Å². The molecule has 3 nitrogen and oxygen atoms in total. The SMILES string of the molecule is OCc1ccc2ccn(CC3CCCO3)c2c1. The molecule has 0 aliphatic carbocycles. The van der Waals surface area contributed by atoms with Crippen LogP contribution < -0.4 is 0 Å². The Kier molecular flexibility index (Phi) is 2.87. The van der Waals surface area contributed by atoms with Crippen molar-refractivity contribution >= 4 is 10.9 Å². The fraction of sp³-hybridized carbons (Fsp3) is 0.429. The first-order valence-electron chi connectivity index (χ1n) is 6.17. The van der Waals surface area contributed by atoms with E-state index in [1.165, 1.54) is 17.3 Å². The van der Waals surface area contributed by atoms with Crippen molar-refractivity contribution in [3.63, 3.8) is 0 Å². The van der Waals surface area contributed by atoms with Crippen LogP contribution in [-0.4, -0.2) is 22.4 Å². The maximum Gasteiger partial charge on any atom is 0.0754 e. The molecule has 1 aliphatic rings. The zero-order valence-electron chi connectivity index (χ0n) is 9.80. The standard InChI is InChI=1S/C14H17NO2/c16-10-11-3-4-12-5-6-15(14(12)8-11)9-13-2-1-7-17-13/h3-6,8,13,16H,1-2,7,9-10H2. The van der Waals surface area contributed by atoms with E-state index >= 15 is 0 Å². The van der Waals surface area contributed by atoms with E-state index in [0.717, 1.165) is 25.1 Å². The molecule has 1 fully saturated rings. The summed E-state index contributed by atoms with van der Waals surface area (Å²) in [5.74, 6) is 0. The molecule has 1 atom stereocenters. The molecule has 0 bridgehead atoms. The smallest absolute Gasteiger partial charge is 0.0754 e. The topological polar surface area (TPSA) is 34.4 Å². The van der Waals surface area contributed by atoms with E-state index in [9.17, 15) is 5.11 Å². The molecular formula is C14H17NO2. The number of benzene rings is 1. The van der Waals surface area contributed by atoms with Crippen LogP contribution in [0.1, 0.15) is 18.4 Å². The molecule has 1 saturated heterocycles. The van der Waals surface area contributed by atoms with E-state index in [1.54, 1.807) is 0 Å². The van der Waals surface area contributed by atoms with Crippen molar-refractivity contribution in [2.24, 2.45) is 0 Å². The Balaban J connectivity index is 1.92. The lowest BCUT2D eigenvalue weighted by atomic mass is 10.2. The first kappa shape index (κ1) is 10.8. The van der Waals surface area contributed by atoms with Crippen molar-refractivity contribution in [2.45, 2.75) is 32.1 Å². The fourth-order valence-electron chi connectivity index (χ4n) is 2.49. The minimum absolute atomic E-state index is 0.0983. The number of hydrogen-bond donors (Lipinski definition) is 1. The maximum absolute atomic E-state index is 9.18. The zero-order valence-corrected chi connectivity index (χ0v) is 9.80. The van der Waals surface area contributed by atoms with Crippen LogP contribution in [0.15, 0.2) is 30.5 Å². The highest BCUT2D eigenvalue weighted by molar-refractivity contribution is 5.80. The minimum atomic E-state index is 0.0983. The van der Waals surface area contributed by atoms with E-state index in [1.807, 2.05) is 6.07 Å². The Labute approximate surface area is 101 Å². The molecule has 1 aromatic heterocycles. The van der Waals surface area contributed by atoms with Crippen molar-refractivity contribution in [1.29, 1.82) is 0 Å². The monoisotopic (exact) mass is 231 g/mol. The summed E-state index contributed by atoms with van der Waals surface area (Å²) >= 11 is 0. The summed E-state index contributed by atoms with van der Waals surface area (Å²) in [6, 6.07) is 8.21. The van der Waals surface area contributed by atoms with Crippen LogP contribution in [0.4, 0.5) is 0 Å². The number of aliphatic hydroxyl groups is 1. The van der Waals surface area contributed by atoms with Gasteiger partial charge in [-0.1, -0.05) is 12.1 Å². The van der Waals surface area contributed by atoms with Gasteiger partial charge in [-0.25, -0.2) is 0 Å². The summed E-state index contributed by atoms with van der Waals surface area (Å²) in [6.07, 6.45) is 4.78. The average molecular weight is 231 g/mol. The predicted octanol–water partition coefficient (Wildman–Crippen LogP) is 2.31. The number of nitrogens with zero attached hydrogens (tertiary/aromatic N) is 1. The number of rotatable bonds is 3. The summed E-state index contributed by atoms with van der Waals surface area (Å²) in [5.41, 5.74) is 2.15. The Morgan fingerprint density at radius 3 is 3.06 bits per heavy atom. The van der Waals surface area contributed by atoms with Crippen molar-refractivity contribution in [3.8, 4) is 0 Å². The Morgan fingerprint density at radius 2 is 2.29 bits per heavy atom. The van der Waals surface area contributed by atoms with Gasteiger partial charge in [0.1, 0.15) is 0 Å². The Bertz CT molecular complexity index is 512. The van der Waals surface area contributed by atoms with E-state index in [4.69, 9.17) is 4.74 Å². The molecule has 0 amide bonds. The van der Waals surface area contributed by atoms with Gasteiger partial charge in [-0.15, -0.1) is 0 Å². The lowest BCUT2D eigenvalue weighted by molar-refractivity contribution is 0.0980. The Morgan fingerprint density at radius 1 is 1.35 bits per heavy atom. The van der Waals surface area contributed by atoms with Gasteiger partial charge in [0.25, 0.3) is 0 Å². The molecule has 0 radical (unpaired) electrons. The van der Waals surface area contributed by atoms with Gasteiger partial charge >= 0.3 is 0 Å². The lowest BCUT2D eigenvalue weighted by Crippen LogP contribution is -2.14. The second kappa shape index (κ2) is 4.51. The molecular weight excluding hydrogens is 214 g/mol. The quantitative estimate of drug-likeness (QED) is 0.879. The number of ether oxygens (including phenoxy) is 1. The van der Waals surface area contributed by atoms with Crippen molar-refractivity contribution < 1.29 is 9.84 Å². The minimum Gasteiger partial charge on any atom is -0.392 e. The molecule has 1 aromatic carbocycles. The normalized spacial score (nSPS) is 20.2. The fourth-order valence-corrected chi connectivity index (χ4v) is 2.49. The van der Waals surface area contributed by atoms with Gasteiger partial charge in [-0.05, 0) is 35.9 Å². The van der Waals surface area contributed by atoms with Crippen molar-refractivity contribution in [3.05, 3.63) is 36.0 Å². The molecule has 2 heterocycles. The van der Waals surface area contributed by atoms with Crippen LogP contribution in [0.3, 0.4) is 0 Å². The number of fused-ring (bicyclic) bond motifs is 1. The van der Waals surface area contributed by atoms with Crippen LogP contribution in [0.2, 0.25) is 0 Å². The molecule has 1 unspecified atom stereocenters. The van der Waals surface area contributed by atoms with Crippen molar-refractivity contribution in [2.75, 3.05) is 6.61 Å². The molecule has 1 N–H and O–H groups in total. The lowest BCUT2D eigenvalue weighted by Gasteiger charge is -2.12. The first-order valence-corrected chi connectivity index (χ1v) is 6.17. The van der Waals surface area contributed by atoms with Crippen molar-refractivity contribution in [1.82, 2.24) is 4.57 Å². The van der Waals surface area contributed by atoms with E-state index in [0.29, 0.717) is 6.10 Å². The van der Waals surface area contributed by atoms with Crippen LogP contribution in [0, 0.1) is 0 Å². The molecule has 90 valence electrons. The summed E-state index contributed by atoms with van der Waals surface area (Å²) in [4.78, 5) is 0. The number of hydrogen-bond acceptors (Lipinski definition) is 2. The van der Waals surface area contributed by atoms with Gasteiger partial charge in [0.05, 0.1) is 12.7 Å². The van der Waals surface area contributed by atoms with Gasteiger partial charge < -0.3 is 14.4 Å². The molecule has 3 rings (SSSR count). The third kappa shape index (κ3) is 2.08.